The van der Waals surface area contributed by atoms with Crippen LogP contribution in [-0.2, 0) is 0 Å². The van der Waals surface area contributed by atoms with Crippen LogP contribution < -0.4 is 16.4 Å². The van der Waals surface area contributed by atoms with E-state index in [4.69, 9.17) is 5.73 Å². The van der Waals surface area contributed by atoms with Gasteiger partial charge in [-0.2, -0.15) is 0 Å². The zero-order valence-electron chi connectivity index (χ0n) is 28.5. The molecule has 0 aromatic heterocycles. The summed E-state index contributed by atoms with van der Waals surface area (Å²) in [5.74, 6) is 6.83. The molecular weight excluding hydrogens is 498 g/mol. The van der Waals surface area contributed by atoms with Crippen LogP contribution in [0, 0.1) is 52.3 Å². The first-order valence-corrected chi connectivity index (χ1v) is 18.9. The number of hydrogen-bond acceptors (Lipinski definition) is 3. The van der Waals surface area contributed by atoms with Crippen LogP contribution in [0.25, 0.3) is 0 Å². The van der Waals surface area contributed by atoms with E-state index in [1.165, 1.54) is 129 Å². The lowest BCUT2D eigenvalue weighted by Gasteiger charge is -2.61. The van der Waals surface area contributed by atoms with Crippen molar-refractivity contribution < 1.29 is 0 Å². The van der Waals surface area contributed by atoms with Crippen molar-refractivity contribution in [3.63, 3.8) is 0 Å². The van der Waals surface area contributed by atoms with Crippen molar-refractivity contribution in [2.45, 2.75) is 163 Å². The first kappa shape index (κ1) is 33.8. The van der Waals surface area contributed by atoms with Gasteiger partial charge in [0.05, 0.1) is 0 Å². The maximum Gasteiger partial charge on any atom is 0.00701 e. The first-order chi connectivity index (χ1) is 19.8. The molecule has 3 nitrogen and oxygen atoms in total. The Bertz CT molecular complexity index is 737. The number of fused-ring (bicyclic) bond motifs is 5. The van der Waals surface area contributed by atoms with Crippen LogP contribution in [0.5, 0.6) is 0 Å². The first-order valence-electron chi connectivity index (χ1n) is 18.9. The molecule has 4 aliphatic carbocycles. The van der Waals surface area contributed by atoms with E-state index in [1.54, 1.807) is 12.8 Å². The van der Waals surface area contributed by atoms with Gasteiger partial charge in [0.15, 0.2) is 0 Å². The highest BCUT2D eigenvalue weighted by Crippen LogP contribution is 2.68. The molecule has 4 fully saturated rings. The van der Waals surface area contributed by atoms with E-state index in [-0.39, 0.29) is 0 Å². The molecule has 0 saturated heterocycles. The SMILES string of the molecule is CC(C)CCC[C@@H](C)[C@H]1CCC2C3CC[C@H]4C[C@@H](NCCCNCCCCCCCCN)CC[C@]4(C)C3CC[C@@]21C. The Morgan fingerprint density at radius 3 is 2.17 bits per heavy atom. The molecule has 9 atom stereocenters. The molecule has 4 saturated carbocycles. The molecule has 0 heterocycles. The predicted octanol–water partition coefficient (Wildman–Crippen LogP) is 9.34. The van der Waals surface area contributed by atoms with Gasteiger partial charge in [-0.3, -0.25) is 0 Å². The van der Waals surface area contributed by atoms with Gasteiger partial charge < -0.3 is 16.4 Å². The molecule has 0 aromatic carbocycles. The van der Waals surface area contributed by atoms with Gasteiger partial charge in [-0.1, -0.05) is 79.6 Å². The second-order valence-electron chi connectivity index (χ2n) is 16.6. The van der Waals surface area contributed by atoms with Crippen molar-refractivity contribution in [1.29, 1.82) is 0 Å². The highest BCUT2D eigenvalue weighted by molar-refractivity contribution is 5.10. The average molecular weight is 572 g/mol. The van der Waals surface area contributed by atoms with Crippen molar-refractivity contribution >= 4 is 0 Å². The van der Waals surface area contributed by atoms with Gasteiger partial charge in [0.25, 0.3) is 0 Å². The lowest BCUT2D eigenvalue weighted by Crippen LogP contribution is -2.55. The summed E-state index contributed by atoms with van der Waals surface area (Å²) in [7, 11) is 0. The molecule has 4 aliphatic rings. The monoisotopic (exact) mass is 572 g/mol. The molecule has 3 unspecified atom stereocenters. The third-order valence-corrected chi connectivity index (χ3v) is 13.6. The fraction of sp³-hybridized carbons (Fsp3) is 1.00. The van der Waals surface area contributed by atoms with Crippen LogP contribution in [0.3, 0.4) is 0 Å². The Morgan fingerprint density at radius 2 is 1.39 bits per heavy atom. The number of nitrogens with two attached hydrogens (primary N) is 1. The fourth-order valence-corrected chi connectivity index (χ4v) is 11.2. The van der Waals surface area contributed by atoms with E-state index in [0.717, 1.165) is 54.0 Å². The summed E-state index contributed by atoms with van der Waals surface area (Å²) in [6.45, 7) is 17.4. The lowest BCUT2D eigenvalue weighted by molar-refractivity contribution is -0.118. The third-order valence-electron chi connectivity index (χ3n) is 13.6. The Labute approximate surface area is 257 Å². The molecule has 4 rings (SSSR count). The smallest absolute Gasteiger partial charge is 0.00701 e. The predicted molar refractivity (Wildman–Crippen MR) is 179 cm³/mol. The lowest BCUT2D eigenvalue weighted by atomic mass is 9.44. The third kappa shape index (κ3) is 8.54. The minimum Gasteiger partial charge on any atom is -0.330 e. The molecule has 0 bridgehead atoms. The van der Waals surface area contributed by atoms with Gasteiger partial charge in [-0.05, 0) is 155 Å². The van der Waals surface area contributed by atoms with E-state index in [0.29, 0.717) is 10.8 Å². The van der Waals surface area contributed by atoms with E-state index in [2.05, 4.69) is 45.3 Å². The van der Waals surface area contributed by atoms with Crippen molar-refractivity contribution in [3.8, 4) is 0 Å². The molecular formula is C38H73N3. The Hall–Kier alpha value is -0.120. The molecule has 0 amide bonds. The molecule has 4 N–H and O–H groups in total. The number of rotatable bonds is 18. The largest absolute Gasteiger partial charge is 0.330 e. The Kier molecular flexibility index (Phi) is 13.4. The van der Waals surface area contributed by atoms with Crippen LogP contribution in [0.15, 0.2) is 0 Å². The van der Waals surface area contributed by atoms with Crippen molar-refractivity contribution in [2.24, 2.45) is 58.0 Å². The van der Waals surface area contributed by atoms with Crippen molar-refractivity contribution in [3.05, 3.63) is 0 Å². The number of nitrogens with one attached hydrogen (secondary N) is 2. The van der Waals surface area contributed by atoms with Crippen molar-refractivity contribution in [2.75, 3.05) is 26.2 Å². The van der Waals surface area contributed by atoms with Crippen molar-refractivity contribution in [1.82, 2.24) is 10.6 Å². The van der Waals surface area contributed by atoms with E-state index >= 15 is 0 Å². The van der Waals surface area contributed by atoms with Gasteiger partial charge in [0.2, 0.25) is 0 Å². The van der Waals surface area contributed by atoms with Crippen LogP contribution in [0.4, 0.5) is 0 Å². The average Bonchev–Trinajstić information content (AvgIpc) is 3.30. The second-order valence-corrected chi connectivity index (χ2v) is 16.6. The maximum absolute atomic E-state index is 5.59. The quantitative estimate of drug-likeness (QED) is 0.144. The van der Waals surface area contributed by atoms with Crippen LogP contribution >= 0.6 is 0 Å². The Balaban J connectivity index is 1.16. The molecule has 0 aliphatic heterocycles. The van der Waals surface area contributed by atoms with E-state index in [9.17, 15) is 0 Å². The summed E-state index contributed by atoms with van der Waals surface area (Å²) in [6.07, 6.45) is 27.2. The van der Waals surface area contributed by atoms with Gasteiger partial charge in [0, 0.05) is 6.04 Å². The van der Waals surface area contributed by atoms with Gasteiger partial charge in [-0.25, -0.2) is 0 Å². The van der Waals surface area contributed by atoms with Crippen LogP contribution in [0.2, 0.25) is 0 Å². The highest BCUT2D eigenvalue weighted by atomic mass is 14.9. The highest BCUT2D eigenvalue weighted by Gasteiger charge is 2.60. The zero-order valence-corrected chi connectivity index (χ0v) is 28.5. The van der Waals surface area contributed by atoms with Crippen LogP contribution in [-0.4, -0.2) is 32.2 Å². The van der Waals surface area contributed by atoms with E-state index < -0.39 is 0 Å². The summed E-state index contributed by atoms with van der Waals surface area (Å²) in [5, 5.41) is 7.70. The molecule has 3 heteroatoms. The van der Waals surface area contributed by atoms with Gasteiger partial charge >= 0.3 is 0 Å². The molecule has 0 aromatic rings. The maximum atomic E-state index is 5.59. The van der Waals surface area contributed by atoms with Gasteiger partial charge in [-0.15, -0.1) is 0 Å². The summed E-state index contributed by atoms with van der Waals surface area (Å²) >= 11 is 0. The number of hydrogen-bond donors (Lipinski definition) is 3. The minimum absolute atomic E-state index is 0.620. The molecule has 41 heavy (non-hydrogen) atoms. The zero-order chi connectivity index (χ0) is 29.3. The summed E-state index contributed by atoms with van der Waals surface area (Å²) in [6, 6.07) is 0.773. The topological polar surface area (TPSA) is 50.1 Å². The van der Waals surface area contributed by atoms with E-state index in [1.807, 2.05) is 0 Å². The van der Waals surface area contributed by atoms with Gasteiger partial charge in [0.1, 0.15) is 0 Å². The Morgan fingerprint density at radius 1 is 0.683 bits per heavy atom. The molecule has 0 radical (unpaired) electrons. The fourth-order valence-electron chi connectivity index (χ4n) is 11.2. The minimum atomic E-state index is 0.620. The normalized spacial score (nSPS) is 37.5. The second kappa shape index (κ2) is 16.3. The molecule has 0 spiro atoms. The summed E-state index contributed by atoms with van der Waals surface area (Å²) < 4.78 is 0. The summed E-state index contributed by atoms with van der Waals surface area (Å²) in [4.78, 5) is 0. The summed E-state index contributed by atoms with van der Waals surface area (Å²) in [5.41, 5.74) is 6.84. The van der Waals surface area contributed by atoms with Crippen LogP contribution in [0.1, 0.15) is 157 Å². The molecule has 240 valence electrons. The standard InChI is InChI=1S/C38H73N3/c1-29(2)14-12-15-30(3)34-18-19-35-33-17-16-31-28-32(20-22-37(31,4)36(33)21-23-38(34,35)5)41-27-13-26-40-25-11-9-7-6-8-10-24-39/h29-36,40-41H,6-28,39H2,1-5H3/t30-,31+,32+,33?,34-,35?,36?,37+,38-/m1/s1. The number of unbranched alkanes of at least 4 members (excludes halogenated alkanes) is 5.